The molecule has 35 heavy (non-hydrogen) atoms. The van der Waals surface area contributed by atoms with Crippen LogP contribution in [0.2, 0.25) is 0 Å². The zero-order valence-electron chi connectivity index (χ0n) is 20.7. The number of pyridine rings is 1. The van der Waals surface area contributed by atoms with Gasteiger partial charge in [0.25, 0.3) is 5.91 Å². The summed E-state index contributed by atoms with van der Waals surface area (Å²) in [4.78, 5) is 45.4. The van der Waals surface area contributed by atoms with Crippen LogP contribution in [0, 0.1) is 11.8 Å². The number of piperazine rings is 1. The van der Waals surface area contributed by atoms with Gasteiger partial charge in [0.1, 0.15) is 11.4 Å². The molecule has 4 rings (SSSR count). The second-order valence-electron chi connectivity index (χ2n) is 10.2. The minimum atomic E-state index is -0.511. The highest BCUT2D eigenvalue weighted by molar-refractivity contribution is 6.05. The number of ether oxygens (including phenoxy) is 1. The van der Waals surface area contributed by atoms with Crippen LogP contribution in [0.4, 0.5) is 22.0 Å². The third-order valence-corrected chi connectivity index (χ3v) is 6.12. The van der Waals surface area contributed by atoms with E-state index in [0.29, 0.717) is 49.2 Å². The summed E-state index contributed by atoms with van der Waals surface area (Å²) in [5.41, 5.74) is 1.46. The smallest absolute Gasteiger partial charge is 0.410 e. The number of nitrogens with one attached hydrogen (secondary N) is 2. The lowest BCUT2D eigenvalue weighted by Gasteiger charge is -2.36. The predicted molar refractivity (Wildman–Crippen MR) is 135 cm³/mol. The molecule has 1 aromatic carbocycles. The summed E-state index contributed by atoms with van der Waals surface area (Å²) in [7, 11) is 0. The first-order chi connectivity index (χ1) is 16.6. The largest absolute Gasteiger partial charge is 0.444 e. The molecule has 2 N–H and O–H groups in total. The Balaban J connectivity index is 1.29. The number of hydrogen-bond donors (Lipinski definition) is 2. The van der Waals surface area contributed by atoms with Crippen LogP contribution in [0.5, 0.6) is 0 Å². The number of hydrogen-bond acceptors (Lipinski definition) is 6. The van der Waals surface area contributed by atoms with E-state index in [0.717, 1.165) is 12.1 Å². The molecule has 0 spiro atoms. The molecular formula is C26H33N5O4. The van der Waals surface area contributed by atoms with Crippen molar-refractivity contribution in [2.45, 2.75) is 39.7 Å². The molecular weight excluding hydrogens is 446 g/mol. The average molecular weight is 480 g/mol. The third-order valence-electron chi connectivity index (χ3n) is 6.12. The summed E-state index contributed by atoms with van der Waals surface area (Å²) in [5.74, 6) is 0.624. The van der Waals surface area contributed by atoms with Crippen LogP contribution in [0.25, 0.3) is 0 Å². The van der Waals surface area contributed by atoms with Crippen molar-refractivity contribution in [2.75, 3.05) is 41.7 Å². The number of rotatable bonds is 5. The molecule has 2 aliphatic rings. The highest BCUT2D eigenvalue weighted by Crippen LogP contribution is 2.38. The van der Waals surface area contributed by atoms with Gasteiger partial charge in [0.15, 0.2) is 0 Å². The molecule has 186 valence electrons. The molecule has 1 aromatic heterocycles. The number of carbonyl (C=O) groups excluding carboxylic acids is 3. The fourth-order valence-electron chi connectivity index (χ4n) is 3.97. The topological polar surface area (TPSA) is 104 Å². The van der Waals surface area contributed by atoms with Crippen molar-refractivity contribution < 1.29 is 19.1 Å². The summed E-state index contributed by atoms with van der Waals surface area (Å²) >= 11 is 0. The molecule has 0 radical (unpaired) electrons. The summed E-state index contributed by atoms with van der Waals surface area (Å²) in [6, 6.07) is 10.5. The van der Waals surface area contributed by atoms with Gasteiger partial charge in [0.05, 0.1) is 11.9 Å². The molecule has 2 aromatic rings. The molecule has 1 aliphatic heterocycles. The van der Waals surface area contributed by atoms with E-state index in [2.05, 4.69) is 27.4 Å². The number of carbonyl (C=O) groups is 3. The molecule has 2 fully saturated rings. The lowest BCUT2D eigenvalue weighted by atomic mass is 10.2. The lowest BCUT2D eigenvalue weighted by Crippen LogP contribution is -2.50. The van der Waals surface area contributed by atoms with E-state index in [1.54, 1.807) is 41.4 Å². The molecule has 1 aliphatic carbocycles. The molecule has 2 unspecified atom stereocenters. The second kappa shape index (κ2) is 9.93. The quantitative estimate of drug-likeness (QED) is 0.672. The van der Waals surface area contributed by atoms with Crippen molar-refractivity contribution >= 4 is 35.1 Å². The molecule has 9 heteroatoms. The fourth-order valence-corrected chi connectivity index (χ4v) is 3.97. The van der Waals surface area contributed by atoms with Crippen LogP contribution in [0.3, 0.4) is 0 Å². The van der Waals surface area contributed by atoms with Crippen molar-refractivity contribution in [1.29, 1.82) is 0 Å². The maximum Gasteiger partial charge on any atom is 0.410 e. The third kappa shape index (κ3) is 6.49. The second-order valence-corrected chi connectivity index (χ2v) is 10.2. The molecule has 3 amide bonds. The first-order valence-electron chi connectivity index (χ1n) is 12.0. The standard InChI is InChI=1S/C26H33N5O4/c1-17-14-21(17)24(33)28-19-7-5-6-18(15-19)23(32)29-22-9-8-20(16-27-22)30-10-12-31(13-11-30)25(34)35-26(2,3)4/h5-9,15-17,21H,10-14H2,1-4H3,(H,28,33)(H,27,29,32). The average Bonchev–Trinajstić information content (AvgIpc) is 3.55. The summed E-state index contributed by atoms with van der Waals surface area (Å²) < 4.78 is 5.45. The van der Waals surface area contributed by atoms with E-state index in [1.165, 1.54) is 0 Å². The Morgan fingerprint density at radius 3 is 2.34 bits per heavy atom. The van der Waals surface area contributed by atoms with E-state index in [4.69, 9.17) is 4.74 Å². The van der Waals surface area contributed by atoms with E-state index in [9.17, 15) is 14.4 Å². The van der Waals surface area contributed by atoms with Gasteiger partial charge in [-0.1, -0.05) is 13.0 Å². The predicted octanol–water partition coefficient (Wildman–Crippen LogP) is 3.99. The van der Waals surface area contributed by atoms with E-state index < -0.39 is 5.60 Å². The van der Waals surface area contributed by atoms with Crippen molar-refractivity contribution in [1.82, 2.24) is 9.88 Å². The zero-order valence-corrected chi connectivity index (χ0v) is 20.7. The van der Waals surface area contributed by atoms with Gasteiger partial charge in [-0.05, 0) is 63.4 Å². The van der Waals surface area contributed by atoms with Gasteiger partial charge in [0, 0.05) is 43.3 Å². The van der Waals surface area contributed by atoms with Crippen LogP contribution >= 0.6 is 0 Å². The van der Waals surface area contributed by atoms with E-state index in [-0.39, 0.29) is 23.8 Å². The Morgan fingerprint density at radius 2 is 1.74 bits per heavy atom. The summed E-state index contributed by atoms with van der Waals surface area (Å²) in [5, 5.41) is 5.69. The van der Waals surface area contributed by atoms with Gasteiger partial charge in [-0.3, -0.25) is 9.59 Å². The van der Waals surface area contributed by atoms with Crippen molar-refractivity contribution in [3.05, 3.63) is 48.2 Å². The van der Waals surface area contributed by atoms with Crippen LogP contribution in [0.15, 0.2) is 42.6 Å². The fraction of sp³-hybridized carbons (Fsp3) is 0.462. The van der Waals surface area contributed by atoms with Crippen molar-refractivity contribution in [2.24, 2.45) is 11.8 Å². The van der Waals surface area contributed by atoms with Gasteiger partial charge in [-0.2, -0.15) is 0 Å². The van der Waals surface area contributed by atoms with Gasteiger partial charge < -0.3 is 25.2 Å². The SMILES string of the molecule is CC1CC1C(=O)Nc1cccc(C(=O)Nc2ccc(N3CCN(C(=O)OC(C)(C)C)CC3)cn2)c1. The molecule has 1 saturated heterocycles. The first-order valence-corrected chi connectivity index (χ1v) is 12.0. The molecule has 2 atom stereocenters. The number of anilines is 3. The van der Waals surface area contributed by atoms with Gasteiger partial charge in [-0.15, -0.1) is 0 Å². The Kier molecular flexibility index (Phi) is 6.95. The van der Waals surface area contributed by atoms with Crippen molar-refractivity contribution in [3.63, 3.8) is 0 Å². The van der Waals surface area contributed by atoms with E-state index >= 15 is 0 Å². The minimum Gasteiger partial charge on any atom is -0.444 e. The normalized spacial score (nSPS) is 19.7. The Morgan fingerprint density at radius 1 is 1.03 bits per heavy atom. The number of nitrogens with zero attached hydrogens (tertiary/aromatic N) is 3. The van der Waals surface area contributed by atoms with Crippen LogP contribution < -0.4 is 15.5 Å². The van der Waals surface area contributed by atoms with Gasteiger partial charge in [-0.25, -0.2) is 9.78 Å². The first kappa shape index (κ1) is 24.5. The molecule has 0 bridgehead atoms. The highest BCUT2D eigenvalue weighted by atomic mass is 16.6. The maximum atomic E-state index is 12.7. The van der Waals surface area contributed by atoms with Crippen LogP contribution in [-0.2, 0) is 9.53 Å². The van der Waals surface area contributed by atoms with Crippen LogP contribution in [-0.4, -0.2) is 59.6 Å². The number of benzene rings is 1. The van der Waals surface area contributed by atoms with Gasteiger partial charge in [0.2, 0.25) is 5.91 Å². The Hall–Kier alpha value is -3.62. The molecule has 2 heterocycles. The minimum absolute atomic E-state index is 0.000702. The molecule has 1 saturated carbocycles. The summed E-state index contributed by atoms with van der Waals surface area (Å²) in [6.07, 6.45) is 2.33. The van der Waals surface area contributed by atoms with Crippen LogP contribution in [0.1, 0.15) is 44.5 Å². The van der Waals surface area contributed by atoms with E-state index in [1.807, 2.05) is 26.8 Å². The molecule has 9 nitrogen and oxygen atoms in total. The highest BCUT2D eigenvalue weighted by Gasteiger charge is 2.39. The summed E-state index contributed by atoms with van der Waals surface area (Å²) in [6.45, 7) is 10.1. The van der Waals surface area contributed by atoms with Gasteiger partial charge >= 0.3 is 6.09 Å². The number of amides is 3. The monoisotopic (exact) mass is 479 g/mol. The Labute approximate surface area is 205 Å². The lowest BCUT2D eigenvalue weighted by molar-refractivity contribution is -0.117. The number of aromatic nitrogens is 1. The maximum absolute atomic E-state index is 12.7. The Bertz CT molecular complexity index is 1090. The van der Waals surface area contributed by atoms with Crippen molar-refractivity contribution in [3.8, 4) is 0 Å². The zero-order chi connectivity index (χ0) is 25.2.